The van der Waals surface area contributed by atoms with Crippen LogP contribution in [0.5, 0.6) is 0 Å². The maximum Gasteiger partial charge on any atom is 0.187 e. The molecule has 35 atom stereocenters. The average molecular weight is 1290 g/mol. The first kappa shape index (κ1) is 71.9. The summed E-state index contributed by atoms with van der Waals surface area (Å²) >= 11 is 0. The smallest absolute Gasteiger partial charge is 0.187 e. The molecule has 0 bridgehead atoms. The molecule has 9 rings (SSSR count). The molecule has 3 saturated carbocycles. The van der Waals surface area contributed by atoms with Crippen LogP contribution in [0, 0.1) is 45.3 Å². The minimum absolute atomic E-state index is 0.0310. The van der Waals surface area contributed by atoms with Crippen LogP contribution in [0.1, 0.15) is 107 Å². The first-order valence-corrected chi connectivity index (χ1v) is 31.6. The quantitative estimate of drug-likeness (QED) is 0.0506. The zero-order valence-electron chi connectivity index (χ0n) is 51.8. The number of fused-ring (bicyclic) bond motifs is 5. The van der Waals surface area contributed by atoms with E-state index < -0.39 is 227 Å². The molecule has 5 saturated heterocycles. The fourth-order valence-electron chi connectivity index (χ4n) is 17.0. The normalized spacial score (nSPS) is 51.8. The van der Waals surface area contributed by atoms with Gasteiger partial charge in [-0.15, -0.1) is 0 Å². The van der Waals surface area contributed by atoms with Gasteiger partial charge in [0.15, 0.2) is 31.5 Å². The van der Waals surface area contributed by atoms with Crippen molar-refractivity contribution in [2.24, 2.45) is 45.3 Å². The Kier molecular flexibility index (Phi) is 22.3. The summed E-state index contributed by atoms with van der Waals surface area (Å²) in [4.78, 5) is 0. The van der Waals surface area contributed by atoms with Gasteiger partial charge in [0.1, 0.15) is 122 Å². The summed E-state index contributed by atoms with van der Waals surface area (Å²) in [5.74, 6) is -0.0172. The number of aliphatic hydroxyl groups excluding tert-OH is 18. The number of hydrogen-bond acceptors (Lipinski definition) is 29. The summed E-state index contributed by atoms with van der Waals surface area (Å²) in [5, 5.41) is 205. The Morgan fingerprint density at radius 1 is 0.517 bits per heavy atom. The van der Waals surface area contributed by atoms with Crippen LogP contribution < -0.4 is 0 Å². The minimum Gasteiger partial charge on any atom is -0.394 e. The first-order valence-electron chi connectivity index (χ1n) is 31.6. The van der Waals surface area contributed by atoms with Gasteiger partial charge in [-0.2, -0.15) is 0 Å². The third kappa shape index (κ3) is 13.1. The standard InChI is InChI=1S/C60H102O29/c1-23(9-13-35(57(4,5)79)88-55-50(89-54-49(78)43(72)38(67)29(20-63)84-54)45(74)40(69)31(86-55)22-81-52-47(76)42(71)37(66)28(19-62)83-52)24-15-16-58(6)32-12-10-25-26(60(32,8)33(64)17-59(24,58)7)11-14-34(56(25,2)3)87-53-48(77)44(73)39(68)30(85-53)21-80-51-46(75)41(70)36(65)27(18-61)82-51/h10,23-24,26-55,61-79H,9,11-22H2,1-8H3/t23-,24?,26?,27-,28-,29-,30-,31-,32?,33-,34+,35-,36-,37-,38-,39-,40-,41+,42+,43+,44+,45+,46-,47-,48-,49-,50-,51-,52-,53+,54+,55+,58+,59-,60+/m1/s1. The molecule has 0 aromatic rings. The van der Waals surface area contributed by atoms with Crippen LogP contribution in [0.4, 0.5) is 0 Å². The molecule has 89 heavy (non-hydrogen) atoms. The van der Waals surface area contributed by atoms with Crippen molar-refractivity contribution in [3.8, 4) is 0 Å². The zero-order valence-corrected chi connectivity index (χ0v) is 51.8. The highest BCUT2D eigenvalue weighted by molar-refractivity contribution is 5.32. The van der Waals surface area contributed by atoms with Gasteiger partial charge in [0, 0.05) is 10.8 Å². The van der Waals surface area contributed by atoms with Crippen LogP contribution >= 0.6 is 0 Å². The highest BCUT2D eigenvalue weighted by Gasteiger charge is 2.70. The predicted octanol–water partition coefficient (Wildman–Crippen LogP) is -5.41. The summed E-state index contributed by atoms with van der Waals surface area (Å²) in [6, 6.07) is 0. The van der Waals surface area contributed by atoms with Crippen LogP contribution in [-0.2, 0) is 47.4 Å². The maximum absolute atomic E-state index is 12.8. The van der Waals surface area contributed by atoms with E-state index >= 15 is 0 Å². The Hall–Kier alpha value is -1.42. The second-order valence-corrected chi connectivity index (χ2v) is 28.7. The van der Waals surface area contributed by atoms with Crippen molar-refractivity contribution in [2.45, 2.75) is 284 Å². The monoisotopic (exact) mass is 1290 g/mol. The molecule has 4 aliphatic carbocycles. The summed E-state index contributed by atoms with van der Waals surface area (Å²) in [7, 11) is 0. The highest BCUT2D eigenvalue weighted by Crippen LogP contribution is 2.75. The summed E-state index contributed by atoms with van der Waals surface area (Å²) in [5.41, 5.74) is -2.49. The van der Waals surface area contributed by atoms with Crippen molar-refractivity contribution >= 4 is 0 Å². The van der Waals surface area contributed by atoms with E-state index in [2.05, 4.69) is 33.8 Å². The molecule has 19 N–H and O–H groups in total. The molecule has 9 aliphatic rings. The molecule has 8 fully saturated rings. The number of ether oxygens (including phenoxy) is 10. The van der Waals surface area contributed by atoms with Crippen LogP contribution in [-0.4, -0.2) is 308 Å². The van der Waals surface area contributed by atoms with Gasteiger partial charge < -0.3 is 144 Å². The second-order valence-electron chi connectivity index (χ2n) is 28.7. The molecular weight excluding hydrogens is 1180 g/mol. The van der Waals surface area contributed by atoms with Crippen molar-refractivity contribution in [1.29, 1.82) is 0 Å². The fraction of sp³-hybridized carbons (Fsp3) is 0.967. The van der Waals surface area contributed by atoms with Gasteiger partial charge in [-0.25, -0.2) is 0 Å². The Morgan fingerprint density at radius 2 is 0.955 bits per heavy atom. The van der Waals surface area contributed by atoms with Crippen molar-refractivity contribution in [2.75, 3.05) is 33.0 Å². The summed E-state index contributed by atoms with van der Waals surface area (Å²) in [6.07, 6.45) is -37.4. The topological polar surface area (TPSA) is 477 Å². The molecular formula is C60H102O29. The maximum atomic E-state index is 12.8. The lowest BCUT2D eigenvalue weighted by Gasteiger charge is -2.67. The molecule has 0 aromatic carbocycles. The summed E-state index contributed by atoms with van der Waals surface area (Å²) < 4.78 is 59.3. The molecule has 0 spiro atoms. The lowest BCUT2D eigenvalue weighted by molar-refractivity contribution is -0.380. The van der Waals surface area contributed by atoms with Crippen LogP contribution in [0.25, 0.3) is 0 Å². The molecule has 29 nitrogen and oxygen atoms in total. The van der Waals surface area contributed by atoms with E-state index in [9.17, 15) is 97.0 Å². The van der Waals surface area contributed by atoms with Crippen molar-refractivity contribution < 1.29 is 144 Å². The molecule has 5 aliphatic heterocycles. The highest BCUT2D eigenvalue weighted by atomic mass is 16.8. The summed E-state index contributed by atoms with van der Waals surface area (Å²) in [6.45, 7) is 12.6. The Labute approximate surface area is 517 Å². The van der Waals surface area contributed by atoms with Gasteiger partial charge in [0.05, 0.1) is 56.9 Å². The number of rotatable bonds is 20. The molecule has 516 valence electrons. The van der Waals surface area contributed by atoms with E-state index in [-0.39, 0.29) is 35.5 Å². The van der Waals surface area contributed by atoms with E-state index in [0.29, 0.717) is 32.1 Å². The second kappa shape index (κ2) is 27.6. The third-order valence-corrected chi connectivity index (χ3v) is 22.9. The van der Waals surface area contributed by atoms with Gasteiger partial charge in [0.25, 0.3) is 0 Å². The molecule has 3 unspecified atom stereocenters. The molecule has 5 heterocycles. The van der Waals surface area contributed by atoms with E-state index in [1.54, 1.807) is 0 Å². The minimum atomic E-state index is -1.96. The van der Waals surface area contributed by atoms with Gasteiger partial charge in [-0.1, -0.05) is 53.2 Å². The predicted molar refractivity (Wildman–Crippen MR) is 300 cm³/mol. The third-order valence-electron chi connectivity index (χ3n) is 22.9. The zero-order chi connectivity index (χ0) is 65.5. The fourth-order valence-corrected chi connectivity index (χ4v) is 17.0. The van der Waals surface area contributed by atoms with E-state index in [1.807, 2.05) is 13.8 Å². The number of aliphatic hydroxyl groups is 19. The van der Waals surface area contributed by atoms with E-state index in [0.717, 1.165) is 18.4 Å². The average Bonchev–Trinajstić information content (AvgIpc) is 1.66. The van der Waals surface area contributed by atoms with Gasteiger partial charge in [0.2, 0.25) is 0 Å². The van der Waals surface area contributed by atoms with Gasteiger partial charge >= 0.3 is 0 Å². The van der Waals surface area contributed by atoms with Gasteiger partial charge in [-0.3, -0.25) is 0 Å². The van der Waals surface area contributed by atoms with E-state index in [1.165, 1.54) is 13.8 Å². The lowest BCUT2D eigenvalue weighted by atomic mass is 9.38. The van der Waals surface area contributed by atoms with Crippen LogP contribution in [0.15, 0.2) is 11.6 Å². The van der Waals surface area contributed by atoms with Crippen molar-refractivity contribution in [1.82, 2.24) is 0 Å². The number of hydrogen-bond donors (Lipinski definition) is 19. The molecule has 0 radical (unpaired) electrons. The van der Waals surface area contributed by atoms with Crippen LogP contribution in [0.2, 0.25) is 0 Å². The Morgan fingerprint density at radius 3 is 1.45 bits per heavy atom. The van der Waals surface area contributed by atoms with Crippen LogP contribution in [0.3, 0.4) is 0 Å². The lowest BCUT2D eigenvalue weighted by Crippen LogP contribution is -2.65. The first-order chi connectivity index (χ1) is 41.6. The molecule has 29 heteroatoms. The largest absolute Gasteiger partial charge is 0.394 e. The molecule has 0 amide bonds. The van der Waals surface area contributed by atoms with Crippen molar-refractivity contribution in [3.05, 3.63) is 11.6 Å². The Balaban J connectivity index is 0.883. The SMILES string of the molecule is C[C@H](CC[C@@H](O[C@@H]1O[C@H](CO[C@@H]2O[C@H](CO)[C@@H](O)[C@H](O)[C@H]2O)[C@@H](O)[C@H](O)[C@H]1O[C@@H]1O[C@H](CO)[C@@H](O)[C@H](O)[C@H]1O)C(C)(C)O)C1CC[C@@]2(C)C3CC=C4C(CC[C@H](O[C@@H]5O[C@H](CO[C@@H]6O[C@H](CO)[C@@H](O)[C@H](O)[C@H]6O)[C@@H](O)[C@H](O)[C@H]5O)C4(C)C)[C@]3(C)[C@H](O)C[C@]12C. The van der Waals surface area contributed by atoms with Crippen molar-refractivity contribution in [3.63, 3.8) is 0 Å². The Bertz CT molecular complexity index is 2340. The van der Waals surface area contributed by atoms with Gasteiger partial charge in [-0.05, 0) is 99.7 Å². The number of allylic oxidation sites excluding steroid dienone is 1. The molecule has 0 aromatic heterocycles. The van der Waals surface area contributed by atoms with E-state index in [4.69, 9.17) is 47.4 Å².